The van der Waals surface area contributed by atoms with Gasteiger partial charge >= 0.3 is 200 Å². The van der Waals surface area contributed by atoms with Gasteiger partial charge in [-0.2, -0.15) is 0 Å². The second-order valence-corrected chi connectivity index (χ2v) is 11.0. The van der Waals surface area contributed by atoms with Crippen molar-refractivity contribution in [1.29, 1.82) is 0 Å². The molecule has 8 nitrogen and oxygen atoms in total. The van der Waals surface area contributed by atoms with Crippen LogP contribution in [0, 0.1) is 5.82 Å². The van der Waals surface area contributed by atoms with Crippen LogP contribution in [-0.2, 0) is 4.79 Å². The summed E-state index contributed by atoms with van der Waals surface area (Å²) in [5, 5.41) is 9.55. The van der Waals surface area contributed by atoms with E-state index in [1.165, 1.54) is 13.2 Å². The van der Waals surface area contributed by atoms with E-state index in [1.54, 1.807) is 24.5 Å². The van der Waals surface area contributed by atoms with Crippen molar-refractivity contribution in [3.8, 4) is 17.0 Å². The van der Waals surface area contributed by atoms with Crippen LogP contribution in [0.1, 0.15) is 32.8 Å². The third-order valence-corrected chi connectivity index (χ3v) is 8.70. The van der Waals surface area contributed by atoms with Crippen molar-refractivity contribution < 1.29 is 39.9 Å². The van der Waals surface area contributed by atoms with E-state index in [0.717, 1.165) is 23.4 Å². The number of rotatable bonds is 3. The molecule has 2 aromatic heterocycles. The zero-order valence-corrected chi connectivity index (χ0v) is 20.0. The molecular weight excluding hydrogens is 540 g/mol. The molecule has 33 heavy (non-hydrogen) atoms. The molecule has 2 bridgehead atoms. The Hall–Kier alpha value is -3.15. The second-order valence-electron chi connectivity index (χ2n) is 7.70. The zero-order valence-electron chi connectivity index (χ0n) is 17.8. The molecule has 4 heterocycles. The molecule has 1 aromatic carbocycles. The van der Waals surface area contributed by atoms with Gasteiger partial charge in [0, 0.05) is 0 Å². The Morgan fingerprint density at radius 1 is 1.24 bits per heavy atom. The van der Waals surface area contributed by atoms with E-state index in [4.69, 9.17) is 4.74 Å². The summed E-state index contributed by atoms with van der Waals surface area (Å²) in [7, 11) is 1.40. The van der Waals surface area contributed by atoms with Crippen LogP contribution < -0.4 is 41.9 Å². The van der Waals surface area contributed by atoms with Gasteiger partial charge in [0.25, 0.3) is 0 Å². The van der Waals surface area contributed by atoms with Crippen molar-refractivity contribution in [1.82, 2.24) is 15.3 Å². The van der Waals surface area contributed by atoms with Crippen LogP contribution in [0.15, 0.2) is 36.7 Å². The number of H-pyrrole nitrogens is 1. The third-order valence-electron chi connectivity index (χ3n) is 5.65. The van der Waals surface area contributed by atoms with Crippen LogP contribution in [0.5, 0.6) is 5.75 Å². The summed E-state index contributed by atoms with van der Waals surface area (Å²) in [6, 6.07) is 6.46. The molecule has 1 amide bonds. The topological polar surface area (TPSA) is 108 Å². The number of nitrogens with zero attached hydrogens (tertiary/aromatic N) is 1. The first-order valence-electron chi connectivity index (χ1n) is 10.5. The van der Waals surface area contributed by atoms with Gasteiger partial charge in [0.05, 0.1) is 0 Å². The Bertz CT molecular complexity index is 1240. The summed E-state index contributed by atoms with van der Waals surface area (Å²) in [6.07, 6.45) is 4.65. The number of halogens is 2. The molecule has 0 aliphatic carbocycles. The quantitative estimate of drug-likeness (QED) is 0.212. The van der Waals surface area contributed by atoms with Gasteiger partial charge in [0.2, 0.25) is 0 Å². The molecular formula is C23H22FIN5O3-. The number of pyridine rings is 1. The number of aromatic amines is 1. The number of methoxy groups -OCH3 is 1. The minimum absolute atomic E-state index is 0.0553. The fourth-order valence-electron chi connectivity index (χ4n) is 4.14. The molecule has 1 unspecified atom stereocenters. The number of benzene rings is 1. The van der Waals surface area contributed by atoms with Crippen molar-refractivity contribution in [3.05, 3.63) is 53.7 Å². The monoisotopic (exact) mass is 562 g/mol. The van der Waals surface area contributed by atoms with E-state index >= 15 is 0 Å². The average Bonchev–Trinajstić information content (AvgIpc) is 3.18. The van der Waals surface area contributed by atoms with E-state index in [2.05, 4.69) is 25.9 Å². The van der Waals surface area contributed by atoms with Gasteiger partial charge in [-0.15, -0.1) is 0 Å². The molecule has 2 aliphatic rings. The maximum absolute atomic E-state index is 14.4. The van der Waals surface area contributed by atoms with Gasteiger partial charge in [0.15, 0.2) is 0 Å². The SMILES string of the molecule is COc1c(F)cccc1Nc1c2[nH]c3c1C(=O)NCC3[I-]C(=O)CCCNc1cnccc1-2. The molecule has 4 N–H and O–H groups in total. The number of hydrogen-bond acceptors (Lipinski definition) is 6. The Morgan fingerprint density at radius 2 is 2.12 bits per heavy atom. The summed E-state index contributed by atoms with van der Waals surface area (Å²) >= 11 is -0.842. The van der Waals surface area contributed by atoms with Crippen LogP contribution in [0.3, 0.4) is 0 Å². The van der Waals surface area contributed by atoms with E-state index in [0.29, 0.717) is 42.1 Å². The maximum atomic E-state index is 14.4. The minimum atomic E-state index is -0.842. The number of nitrogens with one attached hydrogen (secondary N) is 4. The number of para-hydroxylation sites is 1. The normalized spacial score (nSPS) is 17.9. The summed E-state index contributed by atoms with van der Waals surface area (Å²) in [4.78, 5) is 33.4. The van der Waals surface area contributed by atoms with Crippen molar-refractivity contribution in [2.75, 3.05) is 30.8 Å². The standard InChI is InChI=1S/C23H22FIN5O3/c1-33-22-13(24)4-2-5-15(22)29-21-18-20-14(10-28-23(18)32)25-17(31)6-3-8-27-16-11-26-9-7-12(16)19(21)30-20/h2,4-5,7,9,11,14,27,29-30H,3,6,8,10H2,1H3,(H,28,32)/q-1. The fraction of sp³-hybridized carbons (Fsp3) is 0.261. The number of carbonyl (C=O) groups is 2. The van der Waals surface area contributed by atoms with Gasteiger partial charge in [-0.05, 0) is 0 Å². The summed E-state index contributed by atoms with van der Waals surface area (Å²) < 4.78 is 19.9. The number of carbonyl (C=O) groups excluding carboxylic acids is 2. The molecule has 0 fully saturated rings. The Kier molecular flexibility index (Phi) is 5.92. The van der Waals surface area contributed by atoms with E-state index in [-0.39, 0.29) is 19.4 Å². The van der Waals surface area contributed by atoms with Crippen LogP contribution >= 0.6 is 0 Å². The Balaban J connectivity index is 1.74. The molecule has 0 saturated carbocycles. The first-order valence-corrected chi connectivity index (χ1v) is 12.9. The Morgan fingerprint density at radius 3 is 2.97 bits per heavy atom. The number of alkyl halides is 1. The van der Waals surface area contributed by atoms with Crippen molar-refractivity contribution in [2.45, 2.75) is 16.8 Å². The molecule has 0 saturated heterocycles. The summed E-state index contributed by atoms with van der Waals surface area (Å²) in [5.41, 5.74) is 4.39. The molecule has 172 valence electrons. The van der Waals surface area contributed by atoms with Gasteiger partial charge in [-0.3, -0.25) is 0 Å². The van der Waals surface area contributed by atoms with E-state index in [1.807, 2.05) is 6.07 Å². The summed E-state index contributed by atoms with van der Waals surface area (Å²) in [6.45, 7) is 1.06. The van der Waals surface area contributed by atoms with Crippen LogP contribution in [0.4, 0.5) is 21.5 Å². The molecule has 3 aromatic rings. The summed E-state index contributed by atoms with van der Waals surface area (Å²) in [5.74, 6) is -0.694. The molecule has 5 rings (SSSR count). The number of anilines is 3. The van der Waals surface area contributed by atoms with E-state index in [9.17, 15) is 14.0 Å². The molecule has 0 spiro atoms. The zero-order chi connectivity index (χ0) is 22.9. The van der Waals surface area contributed by atoms with Crippen LogP contribution in [-0.4, -0.2) is 39.9 Å². The number of amides is 1. The molecule has 0 radical (unpaired) electrons. The van der Waals surface area contributed by atoms with E-state index < -0.39 is 27.0 Å². The molecule has 1 atom stereocenters. The first kappa shape index (κ1) is 21.7. The second kappa shape index (κ2) is 9.00. The average molecular weight is 562 g/mol. The molecule has 2 aliphatic heterocycles. The first-order chi connectivity index (χ1) is 16.1. The van der Waals surface area contributed by atoms with Gasteiger partial charge in [0.1, 0.15) is 0 Å². The van der Waals surface area contributed by atoms with Crippen molar-refractivity contribution in [2.24, 2.45) is 0 Å². The number of aromatic nitrogens is 2. The van der Waals surface area contributed by atoms with Gasteiger partial charge in [-0.25, -0.2) is 0 Å². The Labute approximate surface area is 200 Å². The van der Waals surface area contributed by atoms with Gasteiger partial charge < -0.3 is 0 Å². The van der Waals surface area contributed by atoms with Gasteiger partial charge in [-0.1, -0.05) is 0 Å². The van der Waals surface area contributed by atoms with Crippen molar-refractivity contribution >= 4 is 26.8 Å². The van der Waals surface area contributed by atoms with Crippen LogP contribution in [0.2, 0.25) is 0 Å². The third kappa shape index (κ3) is 4.03. The number of ether oxygens (including phenoxy) is 1. The predicted molar refractivity (Wildman–Crippen MR) is 118 cm³/mol. The predicted octanol–water partition coefficient (Wildman–Crippen LogP) is 0.574. The number of hydrogen-bond donors (Lipinski definition) is 4. The number of fused-ring (bicyclic) bond motifs is 3. The fourth-order valence-corrected chi connectivity index (χ4v) is 6.89. The molecule has 10 heteroatoms. The van der Waals surface area contributed by atoms with Crippen molar-refractivity contribution in [3.63, 3.8) is 0 Å². The van der Waals surface area contributed by atoms with Crippen LogP contribution in [0.25, 0.3) is 11.3 Å².